The predicted octanol–water partition coefficient (Wildman–Crippen LogP) is 1.26. The first-order valence-corrected chi connectivity index (χ1v) is 6.35. The van der Waals surface area contributed by atoms with Gasteiger partial charge in [-0.05, 0) is 31.5 Å². The largest absolute Gasteiger partial charge is 0.398 e. The number of hydrogen-bond acceptors (Lipinski definition) is 3. The minimum absolute atomic E-state index is 0.218. The molecule has 1 fully saturated rings. The van der Waals surface area contributed by atoms with Gasteiger partial charge in [0.15, 0.2) is 0 Å². The molecule has 102 valence electrons. The monoisotopic (exact) mass is 281 g/mol. The van der Waals surface area contributed by atoms with Gasteiger partial charge in [0.05, 0.1) is 11.0 Å². The summed E-state index contributed by atoms with van der Waals surface area (Å²) in [5.74, 6) is -0.605. The standard InChI is InChI=1S/C13H16ClN3O2/c1-13(12(16)19)4-5-17(7-13)11(18)9-6-8(14)2-3-10(9)15/h2-3,6H,4-5,7,15H2,1H3,(H2,16,19). The van der Waals surface area contributed by atoms with Crippen molar-refractivity contribution in [3.8, 4) is 0 Å². The number of nitrogens with zero attached hydrogens (tertiary/aromatic N) is 1. The van der Waals surface area contributed by atoms with Gasteiger partial charge in [-0.1, -0.05) is 11.6 Å². The fraction of sp³-hybridized carbons (Fsp3) is 0.385. The van der Waals surface area contributed by atoms with Crippen molar-refractivity contribution >= 4 is 29.1 Å². The first-order valence-electron chi connectivity index (χ1n) is 5.98. The maximum absolute atomic E-state index is 12.4. The Bertz CT molecular complexity index is 547. The van der Waals surface area contributed by atoms with Crippen LogP contribution in [0.25, 0.3) is 0 Å². The molecule has 5 nitrogen and oxygen atoms in total. The Morgan fingerprint density at radius 2 is 2.11 bits per heavy atom. The van der Waals surface area contributed by atoms with Crippen LogP contribution in [-0.4, -0.2) is 29.8 Å². The Labute approximate surface area is 116 Å². The molecule has 1 heterocycles. The number of likely N-dealkylation sites (tertiary alicyclic amines) is 1. The molecular weight excluding hydrogens is 266 g/mol. The van der Waals surface area contributed by atoms with Crippen LogP contribution in [-0.2, 0) is 4.79 Å². The van der Waals surface area contributed by atoms with Gasteiger partial charge in [0.25, 0.3) is 5.91 Å². The maximum atomic E-state index is 12.4. The van der Waals surface area contributed by atoms with Gasteiger partial charge in [-0.25, -0.2) is 0 Å². The first-order chi connectivity index (χ1) is 8.83. The number of primary amides is 1. The molecular formula is C13H16ClN3O2. The van der Waals surface area contributed by atoms with Crippen LogP contribution < -0.4 is 11.5 Å². The van der Waals surface area contributed by atoms with E-state index in [9.17, 15) is 9.59 Å². The van der Waals surface area contributed by atoms with Crippen LogP contribution in [0.2, 0.25) is 5.02 Å². The van der Waals surface area contributed by atoms with E-state index in [0.29, 0.717) is 35.8 Å². The molecule has 19 heavy (non-hydrogen) atoms. The smallest absolute Gasteiger partial charge is 0.256 e. The topological polar surface area (TPSA) is 89.4 Å². The molecule has 1 aromatic carbocycles. The summed E-state index contributed by atoms with van der Waals surface area (Å²) < 4.78 is 0. The number of amides is 2. The van der Waals surface area contributed by atoms with Gasteiger partial charge in [0, 0.05) is 23.8 Å². The van der Waals surface area contributed by atoms with E-state index in [2.05, 4.69) is 0 Å². The molecule has 2 amide bonds. The van der Waals surface area contributed by atoms with Gasteiger partial charge in [0.2, 0.25) is 5.91 Å². The number of carbonyl (C=O) groups is 2. The fourth-order valence-corrected chi connectivity index (χ4v) is 2.39. The molecule has 2 rings (SSSR count). The third-order valence-electron chi connectivity index (χ3n) is 3.60. The van der Waals surface area contributed by atoms with E-state index in [-0.39, 0.29) is 11.8 Å². The summed E-state index contributed by atoms with van der Waals surface area (Å²) in [6.45, 7) is 2.57. The molecule has 1 aliphatic rings. The third kappa shape index (κ3) is 2.51. The Balaban J connectivity index is 2.22. The van der Waals surface area contributed by atoms with E-state index >= 15 is 0 Å². The highest BCUT2D eigenvalue weighted by Crippen LogP contribution is 2.31. The lowest BCUT2D eigenvalue weighted by atomic mass is 9.89. The highest BCUT2D eigenvalue weighted by molar-refractivity contribution is 6.31. The van der Waals surface area contributed by atoms with Gasteiger partial charge >= 0.3 is 0 Å². The Hall–Kier alpha value is -1.75. The van der Waals surface area contributed by atoms with Crippen molar-refractivity contribution < 1.29 is 9.59 Å². The summed E-state index contributed by atoms with van der Waals surface area (Å²) in [7, 11) is 0. The maximum Gasteiger partial charge on any atom is 0.256 e. The zero-order valence-electron chi connectivity index (χ0n) is 10.6. The van der Waals surface area contributed by atoms with Crippen LogP contribution >= 0.6 is 11.6 Å². The van der Waals surface area contributed by atoms with Crippen molar-refractivity contribution in [2.75, 3.05) is 18.8 Å². The normalized spacial score (nSPS) is 22.5. The first kappa shape index (κ1) is 13.7. The van der Waals surface area contributed by atoms with E-state index in [4.69, 9.17) is 23.1 Å². The lowest BCUT2D eigenvalue weighted by Crippen LogP contribution is -2.38. The summed E-state index contributed by atoms with van der Waals surface area (Å²) in [6.07, 6.45) is 0.564. The molecule has 1 atom stereocenters. The number of halogens is 1. The summed E-state index contributed by atoms with van der Waals surface area (Å²) >= 11 is 5.87. The van der Waals surface area contributed by atoms with E-state index in [1.165, 1.54) is 0 Å². The van der Waals surface area contributed by atoms with Crippen molar-refractivity contribution in [3.63, 3.8) is 0 Å². The molecule has 0 aliphatic carbocycles. The SMILES string of the molecule is CC1(C(N)=O)CCN(C(=O)c2cc(Cl)ccc2N)C1. The van der Waals surface area contributed by atoms with Crippen molar-refractivity contribution in [1.29, 1.82) is 0 Å². The lowest BCUT2D eigenvalue weighted by molar-refractivity contribution is -0.126. The number of nitrogen functional groups attached to an aromatic ring is 1. The molecule has 1 unspecified atom stereocenters. The number of rotatable bonds is 2. The van der Waals surface area contributed by atoms with Crippen molar-refractivity contribution in [3.05, 3.63) is 28.8 Å². The van der Waals surface area contributed by atoms with Crippen LogP contribution in [0, 0.1) is 5.41 Å². The number of anilines is 1. The van der Waals surface area contributed by atoms with Crippen molar-refractivity contribution in [1.82, 2.24) is 4.90 Å². The summed E-state index contributed by atoms with van der Waals surface area (Å²) in [6, 6.07) is 4.77. The van der Waals surface area contributed by atoms with E-state index in [1.807, 2.05) is 0 Å². The predicted molar refractivity (Wildman–Crippen MR) is 73.7 cm³/mol. The number of hydrogen-bond donors (Lipinski definition) is 2. The average molecular weight is 282 g/mol. The Kier molecular flexibility index (Phi) is 3.41. The molecule has 0 aromatic heterocycles. The Morgan fingerprint density at radius 1 is 1.42 bits per heavy atom. The second-order valence-electron chi connectivity index (χ2n) is 5.13. The molecule has 1 aromatic rings. The van der Waals surface area contributed by atoms with Gasteiger partial charge in [-0.2, -0.15) is 0 Å². The van der Waals surface area contributed by atoms with E-state index in [0.717, 1.165) is 0 Å². The number of carbonyl (C=O) groups excluding carboxylic acids is 2. The van der Waals surface area contributed by atoms with Crippen LogP contribution in [0.3, 0.4) is 0 Å². The fourth-order valence-electron chi connectivity index (χ4n) is 2.22. The summed E-state index contributed by atoms with van der Waals surface area (Å²) in [5, 5.41) is 0.453. The van der Waals surface area contributed by atoms with Crippen LogP contribution in [0.1, 0.15) is 23.7 Å². The van der Waals surface area contributed by atoms with Crippen LogP contribution in [0.4, 0.5) is 5.69 Å². The van der Waals surface area contributed by atoms with E-state index < -0.39 is 5.41 Å². The second-order valence-corrected chi connectivity index (χ2v) is 5.57. The molecule has 0 spiro atoms. The number of nitrogens with two attached hydrogens (primary N) is 2. The zero-order valence-corrected chi connectivity index (χ0v) is 11.4. The highest BCUT2D eigenvalue weighted by Gasteiger charge is 2.41. The van der Waals surface area contributed by atoms with Gasteiger partial charge in [-0.15, -0.1) is 0 Å². The highest BCUT2D eigenvalue weighted by atomic mass is 35.5. The van der Waals surface area contributed by atoms with Gasteiger partial charge in [-0.3, -0.25) is 9.59 Å². The van der Waals surface area contributed by atoms with Crippen LogP contribution in [0.5, 0.6) is 0 Å². The minimum atomic E-state index is -0.664. The third-order valence-corrected chi connectivity index (χ3v) is 3.84. The molecule has 0 bridgehead atoms. The molecule has 6 heteroatoms. The van der Waals surface area contributed by atoms with Crippen molar-refractivity contribution in [2.24, 2.45) is 11.1 Å². The van der Waals surface area contributed by atoms with Crippen molar-refractivity contribution in [2.45, 2.75) is 13.3 Å². The molecule has 0 radical (unpaired) electrons. The quantitative estimate of drug-likeness (QED) is 0.800. The molecule has 1 aliphatic heterocycles. The average Bonchev–Trinajstić information content (AvgIpc) is 2.76. The number of benzene rings is 1. The minimum Gasteiger partial charge on any atom is -0.398 e. The molecule has 4 N–H and O–H groups in total. The molecule has 1 saturated heterocycles. The second kappa shape index (κ2) is 4.74. The molecule has 0 saturated carbocycles. The van der Waals surface area contributed by atoms with Gasteiger partial charge < -0.3 is 16.4 Å². The zero-order chi connectivity index (χ0) is 14.2. The van der Waals surface area contributed by atoms with Crippen LogP contribution in [0.15, 0.2) is 18.2 Å². The summed E-state index contributed by atoms with van der Waals surface area (Å²) in [5.41, 5.74) is 11.2. The van der Waals surface area contributed by atoms with E-state index in [1.54, 1.807) is 30.0 Å². The Morgan fingerprint density at radius 3 is 2.68 bits per heavy atom. The van der Waals surface area contributed by atoms with Gasteiger partial charge in [0.1, 0.15) is 0 Å². The summed E-state index contributed by atoms with van der Waals surface area (Å²) in [4.78, 5) is 25.3. The lowest BCUT2D eigenvalue weighted by Gasteiger charge is -2.21.